The summed E-state index contributed by atoms with van der Waals surface area (Å²) < 4.78 is 8.36. The predicted molar refractivity (Wildman–Crippen MR) is 130 cm³/mol. The van der Waals surface area contributed by atoms with E-state index in [9.17, 15) is 9.59 Å². The molecular weight excluding hydrogens is 430 g/mol. The number of amides is 1. The number of hydrogen-bond donors (Lipinski definition) is 1. The van der Waals surface area contributed by atoms with E-state index in [0.717, 1.165) is 28.0 Å². The summed E-state index contributed by atoms with van der Waals surface area (Å²) >= 11 is 0. The first-order chi connectivity index (χ1) is 16.5. The molecule has 34 heavy (non-hydrogen) atoms. The molecule has 170 valence electrons. The number of fused-ring (bicyclic) bond motifs is 3. The molecule has 0 spiro atoms. The molecule has 1 amide bonds. The number of benzene rings is 3. The molecule has 0 saturated heterocycles. The molecular formula is C26H23N5O3. The molecule has 0 aliphatic heterocycles. The summed E-state index contributed by atoms with van der Waals surface area (Å²) in [6, 6.07) is 22.8. The molecule has 0 unspecified atom stereocenters. The third kappa shape index (κ3) is 3.90. The van der Waals surface area contributed by atoms with Gasteiger partial charge in [-0.05, 0) is 36.8 Å². The van der Waals surface area contributed by atoms with E-state index in [1.54, 1.807) is 11.5 Å². The van der Waals surface area contributed by atoms with Gasteiger partial charge in [-0.1, -0.05) is 54.1 Å². The van der Waals surface area contributed by atoms with Crippen LogP contribution in [0.1, 0.15) is 11.1 Å². The Morgan fingerprint density at radius 1 is 0.941 bits per heavy atom. The van der Waals surface area contributed by atoms with Gasteiger partial charge in [-0.15, -0.1) is 10.2 Å². The van der Waals surface area contributed by atoms with E-state index in [1.807, 2.05) is 79.7 Å². The summed E-state index contributed by atoms with van der Waals surface area (Å²) in [6.45, 7) is 2.23. The van der Waals surface area contributed by atoms with Gasteiger partial charge in [0.1, 0.15) is 12.3 Å². The van der Waals surface area contributed by atoms with E-state index in [-0.39, 0.29) is 23.7 Å². The van der Waals surface area contributed by atoms with Crippen LogP contribution in [-0.2, 0) is 17.9 Å². The lowest BCUT2D eigenvalue weighted by atomic mass is 10.1. The minimum atomic E-state index is -0.371. The summed E-state index contributed by atoms with van der Waals surface area (Å²) in [6.07, 6.45) is 0. The second kappa shape index (κ2) is 8.82. The normalized spacial score (nSPS) is 11.1. The average molecular weight is 454 g/mol. The van der Waals surface area contributed by atoms with Gasteiger partial charge in [0, 0.05) is 12.1 Å². The van der Waals surface area contributed by atoms with Crippen molar-refractivity contribution in [1.29, 1.82) is 0 Å². The van der Waals surface area contributed by atoms with Crippen LogP contribution in [-0.4, -0.2) is 32.2 Å². The Morgan fingerprint density at radius 2 is 1.65 bits per heavy atom. The SMILES string of the molecule is COc1ccc(CNC(=O)Cn2c(=O)c3nnc(-c4ccc(C)cc4)n3c3ccccc32)cc1. The van der Waals surface area contributed by atoms with Crippen LogP contribution in [0.3, 0.4) is 0 Å². The van der Waals surface area contributed by atoms with E-state index in [4.69, 9.17) is 4.74 Å². The number of aryl methyl sites for hydroxylation is 1. The lowest BCUT2D eigenvalue weighted by Crippen LogP contribution is -2.33. The van der Waals surface area contributed by atoms with Gasteiger partial charge >= 0.3 is 0 Å². The third-order valence-corrected chi connectivity index (χ3v) is 5.77. The number of para-hydroxylation sites is 2. The molecule has 0 saturated carbocycles. The van der Waals surface area contributed by atoms with Crippen LogP contribution in [0, 0.1) is 6.92 Å². The van der Waals surface area contributed by atoms with E-state index in [1.165, 1.54) is 4.57 Å². The molecule has 8 heteroatoms. The summed E-state index contributed by atoms with van der Waals surface area (Å²) in [7, 11) is 1.61. The maximum absolute atomic E-state index is 13.4. The maximum atomic E-state index is 13.4. The Morgan fingerprint density at radius 3 is 2.35 bits per heavy atom. The van der Waals surface area contributed by atoms with Crippen molar-refractivity contribution in [2.75, 3.05) is 7.11 Å². The highest BCUT2D eigenvalue weighted by molar-refractivity contribution is 5.83. The monoisotopic (exact) mass is 453 g/mol. The zero-order valence-corrected chi connectivity index (χ0v) is 18.9. The van der Waals surface area contributed by atoms with Crippen molar-refractivity contribution in [3.05, 3.63) is 94.3 Å². The fraction of sp³-hybridized carbons (Fsp3) is 0.154. The van der Waals surface area contributed by atoms with Crippen molar-refractivity contribution >= 4 is 22.6 Å². The molecule has 5 rings (SSSR count). The quantitative estimate of drug-likeness (QED) is 0.426. The number of nitrogens with one attached hydrogen (secondary N) is 1. The van der Waals surface area contributed by atoms with Gasteiger partial charge in [0.2, 0.25) is 11.6 Å². The van der Waals surface area contributed by atoms with Gasteiger partial charge in [-0.25, -0.2) is 0 Å². The van der Waals surface area contributed by atoms with Gasteiger partial charge in [-0.2, -0.15) is 0 Å². The summed E-state index contributed by atoms with van der Waals surface area (Å²) in [5, 5.41) is 11.4. The minimum absolute atomic E-state index is 0.126. The van der Waals surface area contributed by atoms with Crippen molar-refractivity contribution in [2.24, 2.45) is 0 Å². The van der Waals surface area contributed by atoms with E-state index in [2.05, 4.69) is 15.5 Å². The lowest BCUT2D eigenvalue weighted by molar-refractivity contribution is -0.121. The topological polar surface area (TPSA) is 90.5 Å². The van der Waals surface area contributed by atoms with Crippen molar-refractivity contribution < 1.29 is 9.53 Å². The van der Waals surface area contributed by atoms with Crippen LogP contribution in [0.2, 0.25) is 0 Å². The first kappa shape index (κ1) is 21.4. The average Bonchev–Trinajstić information content (AvgIpc) is 3.32. The molecule has 2 heterocycles. The van der Waals surface area contributed by atoms with Gasteiger partial charge in [0.15, 0.2) is 5.82 Å². The second-order valence-corrected chi connectivity index (χ2v) is 8.05. The molecule has 0 aliphatic carbocycles. The minimum Gasteiger partial charge on any atom is -0.497 e. The molecule has 0 atom stereocenters. The summed E-state index contributed by atoms with van der Waals surface area (Å²) in [5.41, 5.74) is 4.11. The first-order valence-corrected chi connectivity index (χ1v) is 10.9. The number of carbonyl (C=O) groups is 1. The van der Waals surface area contributed by atoms with Gasteiger partial charge in [0.05, 0.1) is 18.1 Å². The van der Waals surface area contributed by atoms with Crippen LogP contribution in [0.25, 0.3) is 28.1 Å². The molecule has 0 fully saturated rings. The fourth-order valence-electron chi connectivity index (χ4n) is 3.95. The molecule has 0 radical (unpaired) electrons. The van der Waals surface area contributed by atoms with E-state index in [0.29, 0.717) is 17.9 Å². The predicted octanol–water partition coefficient (Wildman–Crippen LogP) is 3.34. The van der Waals surface area contributed by atoms with Crippen molar-refractivity contribution in [1.82, 2.24) is 24.5 Å². The van der Waals surface area contributed by atoms with Gasteiger partial charge < -0.3 is 10.1 Å². The number of carbonyl (C=O) groups excluding carboxylic acids is 1. The van der Waals surface area contributed by atoms with Gasteiger partial charge in [-0.3, -0.25) is 18.6 Å². The number of ether oxygens (including phenoxy) is 1. The third-order valence-electron chi connectivity index (χ3n) is 5.77. The lowest BCUT2D eigenvalue weighted by Gasteiger charge is -2.13. The fourth-order valence-corrected chi connectivity index (χ4v) is 3.95. The van der Waals surface area contributed by atoms with Crippen LogP contribution >= 0.6 is 0 Å². The van der Waals surface area contributed by atoms with Crippen LogP contribution < -0.4 is 15.6 Å². The zero-order chi connectivity index (χ0) is 23.7. The molecule has 8 nitrogen and oxygen atoms in total. The van der Waals surface area contributed by atoms with Crippen molar-refractivity contribution in [3.63, 3.8) is 0 Å². The van der Waals surface area contributed by atoms with Crippen LogP contribution in [0.15, 0.2) is 77.6 Å². The summed E-state index contributed by atoms with van der Waals surface area (Å²) in [4.78, 5) is 26.1. The van der Waals surface area contributed by atoms with E-state index >= 15 is 0 Å². The number of aromatic nitrogens is 4. The Hall–Kier alpha value is -4.46. The van der Waals surface area contributed by atoms with Crippen LogP contribution in [0.4, 0.5) is 0 Å². The smallest absolute Gasteiger partial charge is 0.297 e. The number of hydrogen-bond acceptors (Lipinski definition) is 5. The molecule has 0 aliphatic rings. The standard InChI is InChI=1S/C26H23N5O3/c1-17-7-11-19(12-8-17)24-28-29-25-26(33)30(21-5-3-4-6-22(21)31(24)25)16-23(32)27-15-18-9-13-20(34-2)14-10-18/h3-14H,15-16H2,1-2H3,(H,27,32). The number of methoxy groups -OCH3 is 1. The molecule has 1 N–H and O–H groups in total. The van der Waals surface area contributed by atoms with Gasteiger partial charge in [0.25, 0.3) is 5.56 Å². The second-order valence-electron chi connectivity index (χ2n) is 8.05. The highest BCUT2D eigenvalue weighted by atomic mass is 16.5. The first-order valence-electron chi connectivity index (χ1n) is 10.9. The largest absolute Gasteiger partial charge is 0.497 e. The number of rotatable bonds is 6. The van der Waals surface area contributed by atoms with Crippen LogP contribution in [0.5, 0.6) is 5.75 Å². The molecule has 0 bridgehead atoms. The zero-order valence-electron chi connectivity index (χ0n) is 18.9. The molecule has 2 aromatic heterocycles. The Bertz CT molecular complexity index is 1550. The summed E-state index contributed by atoms with van der Waals surface area (Å²) in [5.74, 6) is 1.06. The highest BCUT2D eigenvalue weighted by Gasteiger charge is 2.18. The van der Waals surface area contributed by atoms with Crippen molar-refractivity contribution in [2.45, 2.75) is 20.0 Å². The Kier molecular flexibility index (Phi) is 5.55. The molecule has 5 aromatic rings. The van der Waals surface area contributed by atoms with E-state index < -0.39 is 0 Å². The Labute approximate surface area is 195 Å². The Balaban J connectivity index is 1.50. The highest BCUT2D eigenvalue weighted by Crippen LogP contribution is 2.22. The maximum Gasteiger partial charge on any atom is 0.297 e. The number of nitrogens with zero attached hydrogens (tertiary/aromatic N) is 4. The molecule has 3 aromatic carbocycles. The van der Waals surface area contributed by atoms with Crippen molar-refractivity contribution in [3.8, 4) is 17.1 Å².